The molecule has 0 bridgehead atoms. The molecule has 0 atom stereocenters. The van der Waals surface area contributed by atoms with E-state index in [2.05, 4.69) is 16.9 Å². The molecule has 1 saturated heterocycles. The van der Waals surface area contributed by atoms with Crippen molar-refractivity contribution >= 4 is 46.0 Å². The molecule has 0 aliphatic carbocycles. The summed E-state index contributed by atoms with van der Waals surface area (Å²) in [4.78, 5) is 11.7. The molecule has 0 saturated carbocycles. The maximum atomic E-state index is 13.9. The van der Waals surface area contributed by atoms with Crippen LogP contribution in [0.5, 0.6) is 0 Å². The number of benzene rings is 2. The number of piperidine rings is 1. The third-order valence-electron chi connectivity index (χ3n) is 5.90. The molecule has 1 fully saturated rings. The van der Waals surface area contributed by atoms with Gasteiger partial charge in [-0.3, -0.25) is 0 Å². The first kappa shape index (κ1) is 21.0. The molecule has 4 aromatic rings. The van der Waals surface area contributed by atoms with Crippen LogP contribution in [0.2, 0.25) is 10.0 Å². The van der Waals surface area contributed by atoms with Gasteiger partial charge in [-0.15, -0.1) is 5.10 Å². The van der Waals surface area contributed by atoms with Crippen molar-refractivity contribution in [2.75, 3.05) is 23.7 Å². The van der Waals surface area contributed by atoms with Crippen LogP contribution in [-0.4, -0.2) is 32.8 Å². The van der Waals surface area contributed by atoms with Crippen LogP contribution >= 0.6 is 23.2 Å². The number of halogens is 3. The molecule has 6 nitrogen and oxygen atoms in total. The van der Waals surface area contributed by atoms with E-state index in [0.29, 0.717) is 50.7 Å². The molecule has 1 aliphatic heterocycles. The van der Waals surface area contributed by atoms with Crippen LogP contribution in [0.3, 0.4) is 0 Å². The van der Waals surface area contributed by atoms with Gasteiger partial charge in [-0.25, -0.2) is 14.1 Å². The second kappa shape index (κ2) is 8.22. The lowest BCUT2D eigenvalue weighted by molar-refractivity contribution is 0.435. The highest BCUT2D eigenvalue weighted by atomic mass is 35.5. The standard InChI is InChI=1S/C23H21Cl2FN6/c1-13-8-10-31(11-9-13)23-28-20(14-6-7-17(26)16(25)12-14)19-21(27)32(30-22(19)29-23)18-5-3-2-4-15(18)24/h2-7,12-13H,8-11,27H2,1H3. The summed E-state index contributed by atoms with van der Waals surface area (Å²) in [7, 11) is 0. The molecule has 5 rings (SSSR count). The average Bonchev–Trinajstić information content (AvgIpc) is 3.12. The van der Waals surface area contributed by atoms with E-state index in [9.17, 15) is 4.39 Å². The Morgan fingerprint density at radius 3 is 2.50 bits per heavy atom. The number of nitrogens with zero attached hydrogens (tertiary/aromatic N) is 5. The molecular weight excluding hydrogens is 450 g/mol. The van der Waals surface area contributed by atoms with Gasteiger partial charge in [0.2, 0.25) is 5.95 Å². The second-order valence-electron chi connectivity index (χ2n) is 8.12. The zero-order valence-electron chi connectivity index (χ0n) is 17.4. The predicted molar refractivity (Wildman–Crippen MR) is 127 cm³/mol. The summed E-state index contributed by atoms with van der Waals surface area (Å²) in [6.07, 6.45) is 2.13. The van der Waals surface area contributed by atoms with E-state index in [-0.39, 0.29) is 5.02 Å². The number of nitrogen functional groups attached to an aromatic ring is 1. The van der Waals surface area contributed by atoms with Crippen LogP contribution in [0.4, 0.5) is 16.2 Å². The lowest BCUT2D eigenvalue weighted by atomic mass is 9.99. The summed E-state index contributed by atoms with van der Waals surface area (Å²) in [5.41, 5.74) is 8.82. The highest BCUT2D eigenvalue weighted by Crippen LogP contribution is 2.36. The van der Waals surface area contributed by atoms with Crippen molar-refractivity contribution in [1.82, 2.24) is 19.7 Å². The lowest BCUT2D eigenvalue weighted by Gasteiger charge is -2.30. The quantitative estimate of drug-likeness (QED) is 0.412. The van der Waals surface area contributed by atoms with E-state index in [4.69, 9.17) is 38.9 Å². The van der Waals surface area contributed by atoms with Gasteiger partial charge in [0.05, 0.1) is 26.8 Å². The van der Waals surface area contributed by atoms with Gasteiger partial charge in [-0.1, -0.05) is 42.3 Å². The van der Waals surface area contributed by atoms with Gasteiger partial charge in [0.25, 0.3) is 0 Å². The Morgan fingerprint density at radius 2 is 1.78 bits per heavy atom. The summed E-state index contributed by atoms with van der Waals surface area (Å²) >= 11 is 12.5. The predicted octanol–water partition coefficient (Wildman–Crippen LogP) is 5.75. The Kier molecular flexibility index (Phi) is 5.39. The highest BCUT2D eigenvalue weighted by molar-refractivity contribution is 6.32. The monoisotopic (exact) mass is 470 g/mol. The second-order valence-corrected chi connectivity index (χ2v) is 8.93. The van der Waals surface area contributed by atoms with Crippen molar-refractivity contribution < 1.29 is 4.39 Å². The van der Waals surface area contributed by atoms with Crippen molar-refractivity contribution in [3.05, 3.63) is 58.3 Å². The Bertz CT molecular complexity index is 1310. The van der Waals surface area contributed by atoms with Crippen LogP contribution in [-0.2, 0) is 0 Å². The number of rotatable bonds is 3. The van der Waals surface area contributed by atoms with E-state index in [0.717, 1.165) is 25.9 Å². The molecule has 2 N–H and O–H groups in total. The van der Waals surface area contributed by atoms with Gasteiger partial charge in [0.15, 0.2) is 5.65 Å². The minimum Gasteiger partial charge on any atom is -0.383 e. The molecule has 9 heteroatoms. The number of aromatic nitrogens is 4. The minimum absolute atomic E-state index is 0.0136. The van der Waals surface area contributed by atoms with Gasteiger partial charge in [0, 0.05) is 18.7 Å². The number of anilines is 2. The van der Waals surface area contributed by atoms with Crippen molar-refractivity contribution in [3.63, 3.8) is 0 Å². The summed E-state index contributed by atoms with van der Waals surface area (Å²) < 4.78 is 15.4. The average molecular weight is 471 g/mol. The van der Waals surface area contributed by atoms with Crippen LogP contribution in [0.1, 0.15) is 19.8 Å². The normalized spacial score (nSPS) is 14.9. The molecule has 164 valence electrons. The molecule has 2 aromatic carbocycles. The molecule has 3 heterocycles. The molecule has 2 aromatic heterocycles. The van der Waals surface area contributed by atoms with Crippen LogP contribution in [0, 0.1) is 11.7 Å². The number of nitrogens with two attached hydrogens (primary N) is 1. The Morgan fingerprint density at radius 1 is 1.03 bits per heavy atom. The fraction of sp³-hybridized carbons (Fsp3) is 0.261. The smallest absolute Gasteiger partial charge is 0.228 e. The van der Waals surface area contributed by atoms with E-state index in [1.807, 2.05) is 18.2 Å². The van der Waals surface area contributed by atoms with E-state index < -0.39 is 5.82 Å². The maximum absolute atomic E-state index is 13.9. The topological polar surface area (TPSA) is 72.9 Å². The summed E-state index contributed by atoms with van der Waals surface area (Å²) in [6, 6.07) is 11.8. The van der Waals surface area contributed by atoms with Gasteiger partial charge < -0.3 is 10.6 Å². The fourth-order valence-corrected chi connectivity index (χ4v) is 4.41. The molecule has 0 radical (unpaired) electrons. The first-order chi connectivity index (χ1) is 15.4. The number of hydrogen-bond acceptors (Lipinski definition) is 5. The fourth-order valence-electron chi connectivity index (χ4n) is 4.01. The molecule has 1 aliphatic rings. The van der Waals surface area contributed by atoms with Gasteiger partial charge in [-0.05, 0) is 49.1 Å². The number of para-hydroxylation sites is 1. The first-order valence-electron chi connectivity index (χ1n) is 10.4. The third-order valence-corrected chi connectivity index (χ3v) is 6.51. The third kappa shape index (κ3) is 3.65. The van der Waals surface area contributed by atoms with Crippen molar-refractivity contribution in [2.45, 2.75) is 19.8 Å². The van der Waals surface area contributed by atoms with Crippen molar-refractivity contribution in [3.8, 4) is 16.9 Å². The molecule has 0 spiro atoms. The molecular formula is C23H21Cl2FN6. The van der Waals surface area contributed by atoms with Gasteiger partial charge >= 0.3 is 0 Å². The first-order valence-corrected chi connectivity index (χ1v) is 11.2. The largest absolute Gasteiger partial charge is 0.383 e. The van der Waals surface area contributed by atoms with Gasteiger partial charge in [-0.2, -0.15) is 4.98 Å². The number of hydrogen-bond donors (Lipinski definition) is 1. The van der Waals surface area contributed by atoms with Crippen molar-refractivity contribution in [2.24, 2.45) is 5.92 Å². The molecule has 0 amide bonds. The summed E-state index contributed by atoms with van der Waals surface area (Å²) in [5, 5.41) is 5.76. The minimum atomic E-state index is -0.495. The molecule has 0 unspecified atom stereocenters. The van der Waals surface area contributed by atoms with E-state index >= 15 is 0 Å². The lowest BCUT2D eigenvalue weighted by Crippen LogP contribution is -2.34. The van der Waals surface area contributed by atoms with Crippen LogP contribution < -0.4 is 10.6 Å². The van der Waals surface area contributed by atoms with Crippen molar-refractivity contribution in [1.29, 1.82) is 0 Å². The van der Waals surface area contributed by atoms with Crippen LogP contribution in [0.25, 0.3) is 28.0 Å². The highest BCUT2D eigenvalue weighted by Gasteiger charge is 2.24. The zero-order chi connectivity index (χ0) is 22.4. The van der Waals surface area contributed by atoms with Gasteiger partial charge in [0.1, 0.15) is 11.6 Å². The van der Waals surface area contributed by atoms with E-state index in [1.54, 1.807) is 22.9 Å². The molecule has 32 heavy (non-hydrogen) atoms. The zero-order valence-corrected chi connectivity index (χ0v) is 18.9. The Balaban J connectivity index is 1.74. The summed E-state index contributed by atoms with van der Waals surface area (Å²) in [6.45, 7) is 3.97. The summed E-state index contributed by atoms with van der Waals surface area (Å²) in [5.74, 6) is 1.09. The van der Waals surface area contributed by atoms with Crippen LogP contribution in [0.15, 0.2) is 42.5 Å². The Hall–Kier alpha value is -2.90. The SMILES string of the molecule is CC1CCN(c2nc(-c3ccc(F)c(Cl)c3)c3c(N)n(-c4ccccc4Cl)nc3n2)CC1. The maximum Gasteiger partial charge on any atom is 0.228 e. The number of fused-ring (bicyclic) bond motifs is 1. The Labute approximate surface area is 194 Å². The van der Waals surface area contributed by atoms with E-state index in [1.165, 1.54) is 6.07 Å².